The molecule has 0 radical (unpaired) electrons. The van der Waals surface area contributed by atoms with Crippen LogP contribution in [0.2, 0.25) is 5.02 Å². The number of nitrogens with one attached hydrogen (secondary N) is 1. The molecule has 0 aliphatic rings. The van der Waals surface area contributed by atoms with Crippen molar-refractivity contribution < 1.29 is 22.7 Å². The summed E-state index contributed by atoms with van der Waals surface area (Å²) in [7, 11) is -0.516. The molecule has 10 heteroatoms. The van der Waals surface area contributed by atoms with E-state index >= 15 is 0 Å². The summed E-state index contributed by atoms with van der Waals surface area (Å²) in [6.45, 7) is 3.78. The molecular weight excluding hydrogens is 478 g/mol. The van der Waals surface area contributed by atoms with Crippen molar-refractivity contribution in [2.75, 3.05) is 31.3 Å². The molecule has 0 heterocycles. The molecule has 0 aliphatic carbocycles. The maximum Gasteiger partial charge on any atom is 0.242 e. The second-order valence-corrected chi connectivity index (χ2v) is 10.4. The van der Waals surface area contributed by atoms with E-state index in [9.17, 15) is 18.0 Å². The number of sulfonamides is 1. The molecule has 0 saturated heterocycles. The van der Waals surface area contributed by atoms with E-state index in [4.69, 9.17) is 16.3 Å². The van der Waals surface area contributed by atoms with Gasteiger partial charge in [0.15, 0.2) is 0 Å². The second kappa shape index (κ2) is 12.1. The van der Waals surface area contributed by atoms with Crippen LogP contribution in [-0.2, 0) is 26.2 Å². The fraction of sp³-hybridized carbons (Fsp3) is 0.417. The lowest BCUT2D eigenvalue weighted by molar-refractivity contribution is -0.140. The number of rotatable bonds is 11. The fourth-order valence-corrected chi connectivity index (χ4v) is 4.77. The third-order valence-corrected chi connectivity index (χ3v) is 6.91. The van der Waals surface area contributed by atoms with E-state index in [-0.39, 0.29) is 37.7 Å². The lowest BCUT2D eigenvalue weighted by atomic mass is 10.1. The number of nitrogens with zero attached hydrogens (tertiary/aromatic N) is 2. The number of hydrogen-bond donors (Lipinski definition) is 1. The first-order valence-electron chi connectivity index (χ1n) is 10.9. The number of carbonyl (C=O) groups excluding carboxylic acids is 2. The van der Waals surface area contributed by atoms with Gasteiger partial charge in [-0.3, -0.25) is 13.9 Å². The van der Waals surface area contributed by atoms with E-state index in [1.165, 1.54) is 16.3 Å². The third kappa shape index (κ3) is 7.36. The predicted octanol–water partition coefficient (Wildman–Crippen LogP) is 3.37. The molecule has 0 saturated carbocycles. The van der Waals surface area contributed by atoms with Crippen LogP contribution in [0.15, 0.2) is 42.5 Å². The van der Waals surface area contributed by atoms with Gasteiger partial charge in [-0.15, -0.1) is 0 Å². The van der Waals surface area contributed by atoms with Gasteiger partial charge in [0.25, 0.3) is 0 Å². The Morgan fingerprint density at radius 3 is 2.50 bits per heavy atom. The normalized spacial score (nSPS) is 12.1. The molecule has 0 bridgehead atoms. The third-order valence-electron chi connectivity index (χ3n) is 5.49. The Hall–Kier alpha value is -2.78. The van der Waals surface area contributed by atoms with Gasteiger partial charge in [-0.05, 0) is 55.7 Å². The Bertz CT molecular complexity index is 1120. The average molecular weight is 510 g/mol. The topological polar surface area (TPSA) is 96.0 Å². The van der Waals surface area contributed by atoms with Gasteiger partial charge in [0, 0.05) is 31.6 Å². The van der Waals surface area contributed by atoms with E-state index < -0.39 is 16.1 Å². The first-order valence-corrected chi connectivity index (χ1v) is 13.1. The lowest BCUT2D eigenvalue weighted by Gasteiger charge is -2.29. The van der Waals surface area contributed by atoms with Gasteiger partial charge in [-0.25, -0.2) is 8.42 Å². The summed E-state index contributed by atoms with van der Waals surface area (Å²) in [4.78, 5) is 27.0. The first kappa shape index (κ1) is 27.5. The summed E-state index contributed by atoms with van der Waals surface area (Å²) in [5.74, 6) is 0.108. The molecule has 0 aromatic heterocycles. The smallest absolute Gasteiger partial charge is 0.242 e. The van der Waals surface area contributed by atoms with E-state index in [0.29, 0.717) is 16.5 Å². The number of anilines is 1. The van der Waals surface area contributed by atoms with Crippen LogP contribution in [0.5, 0.6) is 5.75 Å². The minimum atomic E-state index is -3.59. The number of hydrogen-bond acceptors (Lipinski definition) is 5. The quantitative estimate of drug-likeness (QED) is 0.501. The molecule has 0 aliphatic heterocycles. The Morgan fingerprint density at radius 1 is 1.18 bits per heavy atom. The van der Waals surface area contributed by atoms with Crippen LogP contribution in [0.1, 0.15) is 30.9 Å². The van der Waals surface area contributed by atoms with Crippen molar-refractivity contribution in [1.82, 2.24) is 10.2 Å². The van der Waals surface area contributed by atoms with E-state index in [1.807, 2.05) is 18.2 Å². The van der Waals surface area contributed by atoms with Gasteiger partial charge in [0.05, 0.1) is 19.1 Å². The zero-order chi connectivity index (χ0) is 25.5. The number of amides is 2. The maximum absolute atomic E-state index is 13.2. The van der Waals surface area contributed by atoms with Crippen molar-refractivity contribution in [2.45, 2.75) is 39.3 Å². The summed E-state index contributed by atoms with van der Waals surface area (Å²) in [5, 5.41) is 3.00. The van der Waals surface area contributed by atoms with Crippen molar-refractivity contribution in [3.8, 4) is 5.75 Å². The Labute approximate surface area is 206 Å². The Morgan fingerprint density at radius 2 is 1.88 bits per heavy atom. The van der Waals surface area contributed by atoms with Gasteiger partial charge < -0.3 is 15.0 Å². The van der Waals surface area contributed by atoms with Crippen LogP contribution < -0.4 is 14.4 Å². The van der Waals surface area contributed by atoms with E-state index in [0.717, 1.165) is 17.4 Å². The summed E-state index contributed by atoms with van der Waals surface area (Å²) in [5.41, 5.74) is 2.05. The highest BCUT2D eigenvalue weighted by Crippen LogP contribution is 2.27. The molecule has 34 heavy (non-hydrogen) atoms. The van der Waals surface area contributed by atoms with Crippen LogP contribution in [0.4, 0.5) is 5.69 Å². The minimum absolute atomic E-state index is 0.0664. The van der Waals surface area contributed by atoms with Crippen LogP contribution in [0, 0.1) is 6.92 Å². The van der Waals surface area contributed by atoms with Crippen molar-refractivity contribution >= 4 is 39.1 Å². The van der Waals surface area contributed by atoms with Crippen LogP contribution in [0.25, 0.3) is 0 Å². The van der Waals surface area contributed by atoms with Crippen LogP contribution in [0.3, 0.4) is 0 Å². The van der Waals surface area contributed by atoms with Crippen LogP contribution >= 0.6 is 11.6 Å². The number of benzene rings is 2. The molecule has 2 amide bonds. The van der Waals surface area contributed by atoms with Crippen molar-refractivity contribution in [2.24, 2.45) is 0 Å². The number of aryl methyl sites for hydroxylation is 1. The summed E-state index contributed by atoms with van der Waals surface area (Å²) < 4.78 is 31.4. The standard InChI is InChI=1S/C24H32ClN3O5S/c1-17-11-12-20(25)15-22(17)28(34(5,31)32)13-7-10-23(29)27(18(2)24(30)26-3)16-19-8-6-9-21(14-19)33-4/h6,8-9,11-12,14-15,18H,7,10,13,16H2,1-5H3,(H,26,30). The molecule has 1 atom stereocenters. The van der Waals surface area contributed by atoms with Crippen LogP contribution in [-0.4, -0.2) is 58.1 Å². The predicted molar refractivity (Wildman–Crippen MR) is 135 cm³/mol. The highest BCUT2D eigenvalue weighted by molar-refractivity contribution is 7.92. The molecule has 8 nitrogen and oxygen atoms in total. The first-order chi connectivity index (χ1) is 16.0. The van der Waals surface area contributed by atoms with Crippen molar-refractivity contribution in [3.63, 3.8) is 0 Å². The average Bonchev–Trinajstić information content (AvgIpc) is 2.80. The fourth-order valence-electron chi connectivity index (χ4n) is 3.59. The molecule has 2 aromatic rings. The van der Waals surface area contributed by atoms with E-state index in [2.05, 4.69) is 5.32 Å². The molecule has 1 N–H and O–H groups in total. The molecule has 0 fully saturated rings. The molecule has 2 rings (SSSR count). The largest absolute Gasteiger partial charge is 0.497 e. The molecular formula is C24H32ClN3O5S. The second-order valence-electron chi connectivity index (χ2n) is 8.03. The van der Waals surface area contributed by atoms with Gasteiger partial charge >= 0.3 is 0 Å². The highest BCUT2D eigenvalue weighted by Gasteiger charge is 2.26. The molecule has 0 spiro atoms. The number of halogens is 1. The van der Waals surface area contributed by atoms with Gasteiger partial charge in [-0.1, -0.05) is 29.8 Å². The lowest BCUT2D eigenvalue weighted by Crippen LogP contribution is -2.46. The number of likely N-dealkylation sites (N-methyl/N-ethyl adjacent to an activating group) is 1. The Balaban J connectivity index is 2.19. The number of ether oxygens (including phenoxy) is 1. The van der Waals surface area contributed by atoms with Crippen molar-refractivity contribution in [1.29, 1.82) is 0 Å². The zero-order valence-corrected chi connectivity index (χ0v) is 21.7. The number of carbonyl (C=O) groups is 2. The zero-order valence-electron chi connectivity index (χ0n) is 20.2. The highest BCUT2D eigenvalue weighted by atomic mass is 35.5. The molecule has 1 unspecified atom stereocenters. The maximum atomic E-state index is 13.2. The summed E-state index contributed by atoms with van der Waals surface area (Å²) in [6.07, 6.45) is 1.46. The number of methoxy groups -OCH3 is 1. The molecule has 186 valence electrons. The summed E-state index contributed by atoms with van der Waals surface area (Å²) >= 11 is 6.08. The summed E-state index contributed by atoms with van der Waals surface area (Å²) in [6, 6.07) is 11.6. The monoisotopic (exact) mass is 509 g/mol. The van der Waals surface area contributed by atoms with E-state index in [1.54, 1.807) is 45.2 Å². The van der Waals surface area contributed by atoms with Gasteiger partial charge in [0.2, 0.25) is 21.8 Å². The molecule has 2 aromatic carbocycles. The minimum Gasteiger partial charge on any atom is -0.497 e. The Kier molecular flexibility index (Phi) is 9.76. The SMILES string of the molecule is CNC(=O)C(C)N(Cc1cccc(OC)c1)C(=O)CCCN(c1cc(Cl)ccc1C)S(C)(=O)=O. The van der Waals surface area contributed by atoms with Gasteiger partial charge in [0.1, 0.15) is 11.8 Å². The van der Waals surface area contributed by atoms with Crippen molar-refractivity contribution in [3.05, 3.63) is 58.6 Å². The van der Waals surface area contributed by atoms with Gasteiger partial charge in [-0.2, -0.15) is 0 Å².